The minimum atomic E-state index is -0.388. The van der Waals surface area contributed by atoms with Gasteiger partial charge < -0.3 is 8.90 Å². The van der Waals surface area contributed by atoms with E-state index in [1.54, 1.807) is 12.1 Å². The van der Waals surface area contributed by atoms with Gasteiger partial charge in [0.1, 0.15) is 12.3 Å². The highest BCUT2D eigenvalue weighted by Crippen LogP contribution is 2.27. The second kappa shape index (κ2) is 6.75. The lowest BCUT2D eigenvalue weighted by Gasteiger charge is -2.34. The molecule has 0 fully saturated rings. The van der Waals surface area contributed by atoms with Crippen LogP contribution in [0.2, 0.25) is 0 Å². The summed E-state index contributed by atoms with van der Waals surface area (Å²) in [6, 6.07) is 10.4. The third-order valence-electron chi connectivity index (χ3n) is 4.51. The van der Waals surface area contributed by atoms with Crippen LogP contribution in [0, 0.1) is 10.1 Å². The average Bonchev–Trinajstić information content (AvgIpc) is 3.01. The zero-order valence-corrected chi connectivity index (χ0v) is 13.4. The summed E-state index contributed by atoms with van der Waals surface area (Å²) in [5.41, 5.74) is 0.819. The molecular formula is C17H23N2O3+. The van der Waals surface area contributed by atoms with Crippen LogP contribution in [0.1, 0.15) is 26.5 Å². The largest absolute Gasteiger partial charge is 0.455 e. The lowest BCUT2D eigenvalue weighted by molar-refractivity contribution is -0.936. The highest BCUT2D eigenvalue weighted by atomic mass is 16.6. The Hall–Kier alpha value is -2.14. The SMILES string of the molecule is CC[N+](CC)(CC)Cc1ccc(-c2cccc([N+](=O)[O-])c2)o1. The number of furan rings is 1. The first-order chi connectivity index (χ1) is 10.5. The summed E-state index contributed by atoms with van der Waals surface area (Å²) < 4.78 is 6.90. The summed E-state index contributed by atoms with van der Waals surface area (Å²) >= 11 is 0. The summed E-state index contributed by atoms with van der Waals surface area (Å²) in [5, 5.41) is 10.9. The molecule has 118 valence electrons. The van der Waals surface area contributed by atoms with E-state index in [9.17, 15) is 10.1 Å². The topological polar surface area (TPSA) is 56.3 Å². The van der Waals surface area contributed by atoms with Crippen molar-refractivity contribution in [3.8, 4) is 11.3 Å². The van der Waals surface area contributed by atoms with Crippen molar-refractivity contribution < 1.29 is 13.8 Å². The molecule has 0 unspecified atom stereocenters. The molecule has 0 saturated heterocycles. The van der Waals surface area contributed by atoms with E-state index in [1.807, 2.05) is 18.2 Å². The number of quaternary nitrogens is 1. The van der Waals surface area contributed by atoms with Gasteiger partial charge in [-0.15, -0.1) is 0 Å². The molecule has 1 aromatic heterocycles. The van der Waals surface area contributed by atoms with Crippen LogP contribution in [0.15, 0.2) is 40.8 Å². The number of nitro benzene ring substituents is 1. The fourth-order valence-electron chi connectivity index (χ4n) is 2.73. The highest BCUT2D eigenvalue weighted by molar-refractivity contribution is 5.61. The number of non-ortho nitro benzene ring substituents is 1. The van der Waals surface area contributed by atoms with E-state index in [-0.39, 0.29) is 10.6 Å². The molecule has 0 radical (unpaired) electrons. The maximum absolute atomic E-state index is 10.9. The van der Waals surface area contributed by atoms with Crippen LogP contribution >= 0.6 is 0 Å². The van der Waals surface area contributed by atoms with E-state index < -0.39 is 0 Å². The van der Waals surface area contributed by atoms with Crippen molar-refractivity contribution in [3.05, 3.63) is 52.3 Å². The number of hydrogen-bond acceptors (Lipinski definition) is 3. The molecule has 0 N–H and O–H groups in total. The van der Waals surface area contributed by atoms with E-state index >= 15 is 0 Å². The van der Waals surface area contributed by atoms with Crippen molar-refractivity contribution in [2.24, 2.45) is 0 Å². The Morgan fingerprint density at radius 1 is 1.09 bits per heavy atom. The van der Waals surface area contributed by atoms with Gasteiger partial charge in [-0.2, -0.15) is 0 Å². The molecule has 22 heavy (non-hydrogen) atoms. The number of nitro groups is 1. The van der Waals surface area contributed by atoms with Gasteiger partial charge in [0, 0.05) is 17.7 Å². The van der Waals surface area contributed by atoms with Crippen LogP contribution in [-0.2, 0) is 6.54 Å². The van der Waals surface area contributed by atoms with E-state index in [1.165, 1.54) is 6.07 Å². The zero-order chi connectivity index (χ0) is 16.2. The van der Waals surface area contributed by atoms with Gasteiger partial charge in [-0.25, -0.2) is 0 Å². The van der Waals surface area contributed by atoms with Crippen LogP contribution in [0.5, 0.6) is 0 Å². The molecule has 0 aliphatic carbocycles. The highest BCUT2D eigenvalue weighted by Gasteiger charge is 2.23. The first-order valence-corrected chi connectivity index (χ1v) is 7.72. The van der Waals surface area contributed by atoms with Crippen LogP contribution in [0.25, 0.3) is 11.3 Å². The Labute approximate surface area is 130 Å². The summed E-state index contributed by atoms with van der Waals surface area (Å²) in [5.74, 6) is 1.60. The molecule has 1 aromatic carbocycles. The fraction of sp³-hybridized carbons (Fsp3) is 0.412. The molecule has 2 rings (SSSR count). The molecule has 0 bridgehead atoms. The molecule has 0 saturated carbocycles. The normalized spacial score (nSPS) is 11.6. The molecule has 0 aliphatic heterocycles. The molecule has 0 atom stereocenters. The minimum Gasteiger partial charge on any atom is -0.455 e. The smallest absolute Gasteiger partial charge is 0.270 e. The molecule has 2 aromatic rings. The monoisotopic (exact) mass is 303 g/mol. The van der Waals surface area contributed by atoms with Crippen molar-refractivity contribution >= 4 is 5.69 Å². The summed E-state index contributed by atoms with van der Waals surface area (Å²) in [6.07, 6.45) is 0. The number of nitrogens with zero attached hydrogens (tertiary/aromatic N) is 2. The second-order valence-corrected chi connectivity index (χ2v) is 5.52. The first kappa shape index (κ1) is 16.2. The van der Waals surface area contributed by atoms with Gasteiger partial charge >= 0.3 is 0 Å². The number of rotatable bonds is 7. The molecule has 5 nitrogen and oxygen atoms in total. The van der Waals surface area contributed by atoms with E-state index in [0.717, 1.165) is 42.0 Å². The van der Waals surface area contributed by atoms with Crippen LogP contribution in [-0.4, -0.2) is 29.0 Å². The van der Waals surface area contributed by atoms with Gasteiger partial charge in [-0.05, 0) is 32.9 Å². The van der Waals surface area contributed by atoms with E-state index in [4.69, 9.17) is 4.42 Å². The Kier molecular flexibility index (Phi) is 4.98. The maximum Gasteiger partial charge on any atom is 0.270 e. The van der Waals surface area contributed by atoms with Crippen LogP contribution in [0.3, 0.4) is 0 Å². The van der Waals surface area contributed by atoms with Crippen molar-refractivity contribution in [2.75, 3.05) is 19.6 Å². The second-order valence-electron chi connectivity index (χ2n) is 5.52. The Balaban J connectivity index is 2.25. The van der Waals surface area contributed by atoms with Crippen molar-refractivity contribution in [1.82, 2.24) is 0 Å². The molecule has 0 aliphatic rings. The molecule has 0 amide bonds. The number of benzene rings is 1. The van der Waals surface area contributed by atoms with Crippen molar-refractivity contribution in [2.45, 2.75) is 27.3 Å². The van der Waals surface area contributed by atoms with Crippen LogP contribution in [0.4, 0.5) is 5.69 Å². The van der Waals surface area contributed by atoms with Gasteiger partial charge in [0.05, 0.1) is 24.6 Å². The van der Waals surface area contributed by atoms with Gasteiger partial charge in [0.25, 0.3) is 5.69 Å². The third-order valence-corrected chi connectivity index (χ3v) is 4.51. The fourth-order valence-corrected chi connectivity index (χ4v) is 2.73. The molecule has 0 spiro atoms. The number of hydrogen-bond donors (Lipinski definition) is 0. The average molecular weight is 303 g/mol. The van der Waals surface area contributed by atoms with Crippen molar-refractivity contribution in [1.29, 1.82) is 0 Å². The van der Waals surface area contributed by atoms with Crippen LogP contribution < -0.4 is 0 Å². The first-order valence-electron chi connectivity index (χ1n) is 7.72. The van der Waals surface area contributed by atoms with Crippen molar-refractivity contribution in [3.63, 3.8) is 0 Å². The predicted octanol–water partition coefficient (Wildman–Crippen LogP) is 4.23. The Morgan fingerprint density at radius 3 is 2.36 bits per heavy atom. The van der Waals surface area contributed by atoms with Gasteiger partial charge in [0.15, 0.2) is 5.76 Å². The Bertz CT molecular complexity index is 637. The summed E-state index contributed by atoms with van der Waals surface area (Å²) in [6.45, 7) is 10.6. The molecule has 1 heterocycles. The van der Waals surface area contributed by atoms with Gasteiger partial charge in [-0.1, -0.05) is 12.1 Å². The van der Waals surface area contributed by atoms with E-state index in [0.29, 0.717) is 5.76 Å². The summed E-state index contributed by atoms with van der Waals surface area (Å²) in [4.78, 5) is 10.5. The minimum absolute atomic E-state index is 0.0799. The molecular weight excluding hydrogens is 280 g/mol. The predicted molar refractivity (Wildman–Crippen MR) is 86.4 cm³/mol. The summed E-state index contributed by atoms with van der Waals surface area (Å²) in [7, 11) is 0. The Morgan fingerprint density at radius 2 is 1.77 bits per heavy atom. The molecule has 5 heteroatoms. The standard InChI is InChI=1S/C17H23N2O3/c1-4-19(5-2,6-3)13-16-10-11-17(22-16)14-8-7-9-15(12-14)18(20)21/h7-12H,4-6,13H2,1-3H3/q+1. The third kappa shape index (κ3) is 3.36. The van der Waals surface area contributed by atoms with E-state index in [2.05, 4.69) is 20.8 Å². The van der Waals surface area contributed by atoms with Gasteiger partial charge in [0.2, 0.25) is 0 Å². The zero-order valence-electron chi connectivity index (χ0n) is 13.4. The lowest BCUT2D eigenvalue weighted by atomic mass is 10.1. The quantitative estimate of drug-likeness (QED) is 0.437. The van der Waals surface area contributed by atoms with Gasteiger partial charge in [-0.3, -0.25) is 10.1 Å². The lowest BCUT2D eigenvalue weighted by Crippen LogP contribution is -2.46. The maximum atomic E-state index is 10.9.